The Hall–Kier alpha value is -1.36. The van der Waals surface area contributed by atoms with Gasteiger partial charge in [-0.2, -0.15) is 0 Å². The summed E-state index contributed by atoms with van der Waals surface area (Å²) in [5.41, 5.74) is 2.94. The van der Waals surface area contributed by atoms with Crippen molar-refractivity contribution in [3.63, 3.8) is 0 Å². The largest absolute Gasteiger partial charge is 0.323 e. The second-order valence-electron chi connectivity index (χ2n) is 4.93. The number of carbonyl (C=O) groups is 1. The van der Waals surface area contributed by atoms with E-state index in [1.807, 2.05) is 30.3 Å². The Bertz CT molecular complexity index is 690. The van der Waals surface area contributed by atoms with E-state index < -0.39 is 0 Å². The van der Waals surface area contributed by atoms with Crippen LogP contribution in [0.2, 0.25) is 5.02 Å². The molecule has 1 atom stereocenters. The fraction of sp³-hybridized carbons (Fsp3) is 0.188. The topological polar surface area (TPSA) is 41.1 Å². The summed E-state index contributed by atoms with van der Waals surface area (Å²) in [5.74, 6) is -0.0786. The molecule has 5 heteroatoms. The summed E-state index contributed by atoms with van der Waals surface area (Å²) in [4.78, 5) is 12.6. The molecule has 1 heterocycles. The van der Waals surface area contributed by atoms with E-state index in [0.29, 0.717) is 15.2 Å². The number of fused-ring (bicyclic) bond motifs is 1. The summed E-state index contributed by atoms with van der Waals surface area (Å²) < 4.78 is 0.698. The molecule has 3 rings (SSSR count). The van der Waals surface area contributed by atoms with E-state index in [1.165, 1.54) is 5.56 Å². The van der Waals surface area contributed by atoms with Gasteiger partial charge in [0.2, 0.25) is 5.91 Å². The van der Waals surface area contributed by atoms with Gasteiger partial charge >= 0.3 is 0 Å². The zero-order valence-electron chi connectivity index (χ0n) is 11.2. The number of hydrogen-bond acceptors (Lipinski definition) is 2. The van der Waals surface area contributed by atoms with Crippen LogP contribution in [0.5, 0.6) is 0 Å². The van der Waals surface area contributed by atoms with Gasteiger partial charge in [-0.05, 0) is 45.6 Å². The summed E-state index contributed by atoms with van der Waals surface area (Å²) in [6.45, 7) is 0.797. The molecule has 0 fully saturated rings. The monoisotopic (exact) mass is 364 g/mol. The van der Waals surface area contributed by atoms with E-state index in [4.69, 9.17) is 11.6 Å². The third-order valence-corrected chi connectivity index (χ3v) is 4.98. The molecule has 2 N–H and O–H groups in total. The van der Waals surface area contributed by atoms with E-state index in [2.05, 4.69) is 32.6 Å². The van der Waals surface area contributed by atoms with Crippen molar-refractivity contribution in [3.8, 4) is 0 Å². The Morgan fingerprint density at radius 2 is 2.05 bits per heavy atom. The summed E-state index contributed by atoms with van der Waals surface area (Å²) >= 11 is 9.45. The van der Waals surface area contributed by atoms with Gasteiger partial charge in [-0.25, -0.2) is 0 Å². The third-order valence-electron chi connectivity index (χ3n) is 3.58. The molecule has 0 saturated heterocycles. The molecule has 1 amide bonds. The Balaban J connectivity index is 1.85. The van der Waals surface area contributed by atoms with Crippen LogP contribution in [0.25, 0.3) is 0 Å². The van der Waals surface area contributed by atoms with Crippen LogP contribution >= 0.6 is 27.5 Å². The van der Waals surface area contributed by atoms with Crippen molar-refractivity contribution in [1.29, 1.82) is 0 Å². The standard InChI is InChI=1S/C16H14BrClN2O/c17-14-12(18)6-3-7-13(14)20-16(21)15-11-5-2-1-4-10(11)8-9-19-15/h1-7,15,19H,8-9H2,(H,20,21). The lowest BCUT2D eigenvalue weighted by Gasteiger charge is -2.26. The first-order chi connectivity index (χ1) is 10.2. The van der Waals surface area contributed by atoms with Gasteiger partial charge in [0.25, 0.3) is 0 Å². The number of rotatable bonds is 2. The van der Waals surface area contributed by atoms with Crippen LogP contribution in [0, 0.1) is 0 Å². The van der Waals surface area contributed by atoms with Crippen molar-refractivity contribution in [2.45, 2.75) is 12.5 Å². The SMILES string of the molecule is O=C(Nc1cccc(Cl)c1Br)C1NCCc2ccccc21. The van der Waals surface area contributed by atoms with Crippen LogP contribution in [0.15, 0.2) is 46.9 Å². The predicted octanol–water partition coefficient (Wildman–Crippen LogP) is 3.93. The smallest absolute Gasteiger partial charge is 0.246 e. The fourth-order valence-electron chi connectivity index (χ4n) is 2.54. The number of nitrogens with one attached hydrogen (secondary N) is 2. The average molecular weight is 366 g/mol. The normalized spacial score (nSPS) is 17.1. The minimum absolute atomic E-state index is 0.0786. The van der Waals surface area contributed by atoms with Crippen molar-refractivity contribution in [1.82, 2.24) is 5.32 Å². The van der Waals surface area contributed by atoms with Crippen molar-refractivity contribution >= 4 is 39.1 Å². The minimum atomic E-state index is -0.333. The van der Waals surface area contributed by atoms with E-state index in [0.717, 1.165) is 18.5 Å². The summed E-state index contributed by atoms with van der Waals surface area (Å²) in [6.07, 6.45) is 0.945. The second kappa shape index (κ2) is 6.18. The number of halogens is 2. The quantitative estimate of drug-likeness (QED) is 0.846. The molecule has 0 aliphatic carbocycles. The molecule has 0 aromatic heterocycles. The number of anilines is 1. The maximum Gasteiger partial charge on any atom is 0.246 e. The Morgan fingerprint density at radius 3 is 2.90 bits per heavy atom. The summed E-state index contributed by atoms with van der Waals surface area (Å²) in [6, 6.07) is 13.1. The highest BCUT2D eigenvalue weighted by Crippen LogP contribution is 2.31. The van der Waals surface area contributed by atoms with Crippen molar-refractivity contribution in [2.24, 2.45) is 0 Å². The van der Waals surface area contributed by atoms with E-state index in [1.54, 1.807) is 6.07 Å². The van der Waals surface area contributed by atoms with E-state index in [9.17, 15) is 4.79 Å². The molecule has 0 spiro atoms. The first-order valence-corrected chi connectivity index (χ1v) is 7.90. The van der Waals surface area contributed by atoms with E-state index >= 15 is 0 Å². The highest BCUT2D eigenvalue weighted by molar-refractivity contribution is 9.10. The van der Waals surface area contributed by atoms with Gasteiger partial charge in [0, 0.05) is 6.54 Å². The number of benzene rings is 2. The molecule has 3 nitrogen and oxygen atoms in total. The van der Waals surface area contributed by atoms with Crippen LogP contribution in [0.1, 0.15) is 17.2 Å². The van der Waals surface area contributed by atoms with Crippen molar-refractivity contribution in [3.05, 3.63) is 63.1 Å². The van der Waals surface area contributed by atoms with E-state index in [-0.39, 0.29) is 11.9 Å². The van der Waals surface area contributed by atoms with Crippen LogP contribution in [-0.2, 0) is 11.2 Å². The lowest BCUT2D eigenvalue weighted by molar-refractivity contribution is -0.118. The zero-order valence-corrected chi connectivity index (χ0v) is 13.5. The number of carbonyl (C=O) groups excluding carboxylic acids is 1. The molecule has 2 aromatic carbocycles. The molecule has 108 valence electrons. The Morgan fingerprint density at radius 1 is 1.24 bits per heavy atom. The molecular formula is C16H14BrClN2O. The first-order valence-electron chi connectivity index (χ1n) is 6.73. The maximum atomic E-state index is 12.6. The molecule has 0 bridgehead atoms. The summed E-state index contributed by atoms with van der Waals surface area (Å²) in [7, 11) is 0. The van der Waals surface area contributed by atoms with Crippen molar-refractivity contribution < 1.29 is 4.79 Å². The maximum absolute atomic E-state index is 12.6. The van der Waals surface area contributed by atoms with Crippen molar-refractivity contribution in [2.75, 3.05) is 11.9 Å². The fourth-order valence-corrected chi connectivity index (χ4v) is 3.08. The first kappa shape index (κ1) is 14.6. The third kappa shape index (κ3) is 2.98. The number of hydrogen-bond donors (Lipinski definition) is 2. The highest BCUT2D eigenvalue weighted by Gasteiger charge is 2.26. The lowest BCUT2D eigenvalue weighted by atomic mass is 9.94. The molecule has 1 aliphatic rings. The van der Waals surface area contributed by atoms with Crippen LogP contribution in [0.4, 0.5) is 5.69 Å². The van der Waals surface area contributed by atoms with Gasteiger partial charge in [-0.3, -0.25) is 4.79 Å². The van der Waals surface area contributed by atoms with Crippen LogP contribution < -0.4 is 10.6 Å². The molecular weight excluding hydrogens is 352 g/mol. The lowest BCUT2D eigenvalue weighted by Crippen LogP contribution is -2.38. The molecule has 2 aromatic rings. The Labute approximate surface area is 136 Å². The molecule has 1 aliphatic heterocycles. The number of amides is 1. The van der Waals surface area contributed by atoms with Gasteiger partial charge in [0.15, 0.2) is 0 Å². The summed E-state index contributed by atoms with van der Waals surface area (Å²) in [5, 5.41) is 6.77. The minimum Gasteiger partial charge on any atom is -0.323 e. The average Bonchev–Trinajstić information content (AvgIpc) is 2.51. The molecule has 0 saturated carbocycles. The Kier molecular flexibility index (Phi) is 4.29. The second-order valence-corrected chi connectivity index (χ2v) is 6.13. The zero-order chi connectivity index (χ0) is 14.8. The van der Waals surface area contributed by atoms with Gasteiger partial charge in [-0.1, -0.05) is 41.9 Å². The van der Waals surface area contributed by atoms with Crippen LogP contribution in [0.3, 0.4) is 0 Å². The molecule has 1 unspecified atom stereocenters. The molecule has 21 heavy (non-hydrogen) atoms. The van der Waals surface area contributed by atoms with Crippen LogP contribution in [-0.4, -0.2) is 12.5 Å². The van der Waals surface area contributed by atoms with Gasteiger partial charge < -0.3 is 10.6 Å². The highest BCUT2D eigenvalue weighted by atomic mass is 79.9. The van der Waals surface area contributed by atoms with Gasteiger partial charge in [-0.15, -0.1) is 0 Å². The molecule has 0 radical (unpaired) electrons. The van der Waals surface area contributed by atoms with Gasteiger partial charge in [0.1, 0.15) is 6.04 Å². The predicted molar refractivity (Wildman–Crippen MR) is 88.7 cm³/mol. The van der Waals surface area contributed by atoms with Gasteiger partial charge in [0.05, 0.1) is 15.2 Å².